The minimum atomic E-state index is -3.59. The van der Waals surface area contributed by atoms with Crippen LogP contribution >= 0.6 is 0 Å². The maximum atomic E-state index is 12.6. The van der Waals surface area contributed by atoms with E-state index in [1.54, 1.807) is 26.2 Å². The molecule has 1 aromatic rings. The van der Waals surface area contributed by atoms with Crippen molar-refractivity contribution in [1.29, 1.82) is 0 Å². The van der Waals surface area contributed by atoms with Crippen molar-refractivity contribution in [1.82, 2.24) is 9.21 Å². The zero-order valence-corrected chi connectivity index (χ0v) is 13.1. The SMILES string of the molecule is CN(C)C(=O)c1cccc(S(=O)(=O)N2CCCC(N)C2)c1. The van der Waals surface area contributed by atoms with Crippen LogP contribution < -0.4 is 5.73 Å². The molecule has 1 aliphatic heterocycles. The molecule has 116 valence electrons. The number of hydrogen-bond donors (Lipinski definition) is 1. The van der Waals surface area contributed by atoms with Crippen LogP contribution in [-0.4, -0.2) is 56.8 Å². The Morgan fingerprint density at radius 3 is 2.71 bits per heavy atom. The Labute approximate surface area is 125 Å². The Hall–Kier alpha value is -1.44. The standard InChI is InChI=1S/C14H21N3O3S/c1-16(2)14(18)11-5-3-7-13(9-11)21(19,20)17-8-4-6-12(15)10-17/h3,5,7,9,12H,4,6,8,10,15H2,1-2H3. The Bertz CT molecular complexity index is 628. The molecule has 1 aliphatic rings. The molecular formula is C14H21N3O3S. The van der Waals surface area contributed by atoms with Crippen molar-refractivity contribution in [3.63, 3.8) is 0 Å². The van der Waals surface area contributed by atoms with Crippen LogP contribution in [0.15, 0.2) is 29.2 Å². The van der Waals surface area contributed by atoms with E-state index in [2.05, 4.69) is 0 Å². The van der Waals surface area contributed by atoms with Gasteiger partial charge in [-0.2, -0.15) is 4.31 Å². The molecule has 0 radical (unpaired) electrons. The summed E-state index contributed by atoms with van der Waals surface area (Å²) in [5, 5.41) is 0. The number of nitrogens with two attached hydrogens (primary N) is 1. The summed E-state index contributed by atoms with van der Waals surface area (Å²) in [6.45, 7) is 0.802. The van der Waals surface area contributed by atoms with Crippen LogP contribution in [0.5, 0.6) is 0 Å². The lowest BCUT2D eigenvalue weighted by Crippen LogP contribution is -2.45. The first kappa shape index (κ1) is 15.9. The normalized spacial score (nSPS) is 20.2. The summed E-state index contributed by atoms with van der Waals surface area (Å²) in [7, 11) is -0.330. The minimum absolute atomic E-state index is 0.125. The molecule has 7 heteroatoms. The van der Waals surface area contributed by atoms with Crippen molar-refractivity contribution in [2.45, 2.75) is 23.8 Å². The van der Waals surface area contributed by atoms with Crippen molar-refractivity contribution < 1.29 is 13.2 Å². The molecule has 21 heavy (non-hydrogen) atoms. The molecule has 2 rings (SSSR count). The summed E-state index contributed by atoms with van der Waals surface area (Å²) in [6, 6.07) is 6.02. The van der Waals surface area contributed by atoms with Crippen molar-refractivity contribution in [2.75, 3.05) is 27.2 Å². The molecule has 1 saturated heterocycles. The molecule has 0 aliphatic carbocycles. The van der Waals surface area contributed by atoms with Gasteiger partial charge in [-0.05, 0) is 31.0 Å². The zero-order valence-electron chi connectivity index (χ0n) is 12.3. The third-order valence-corrected chi connectivity index (χ3v) is 5.41. The second-order valence-corrected chi connectivity index (χ2v) is 7.43. The van der Waals surface area contributed by atoms with Crippen LogP contribution in [0.2, 0.25) is 0 Å². The van der Waals surface area contributed by atoms with Gasteiger partial charge in [-0.15, -0.1) is 0 Å². The Kier molecular flexibility index (Phi) is 4.65. The summed E-state index contributed by atoms with van der Waals surface area (Å²) in [6.07, 6.45) is 1.60. The molecular weight excluding hydrogens is 290 g/mol. The van der Waals surface area contributed by atoms with Gasteiger partial charge >= 0.3 is 0 Å². The van der Waals surface area contributed by atoms with E-state index in [1.165, 1.54) is 21.3 Å². The number of sulfonamides is 1. The average molecular weight is 311 g/mol. The van der Waals surface area contributed by atoms with Gasteiger partial charge in [0.05, 0.1) is 4.90 Å². The number of rotatable bonds is 3. The first-order valence-corrected chi connectivity index (χ1v) is 8.34. The maximum Gasteiger partial charge on any atom is 0.253 e. The van der Waals surface area contributed by atoms with E-state index in [-0.39, 0.29) is 16.8 Å². The van der Waals surface area contributed by atoms with Crippen molar-refractivity contribution in [3.05, 3.63) is 29.8 Å². The molecule has 1 fully saturated rings. The molecule has 6 nitrogen and oxygen atoms in total. The highest BCUT2D eigenvalue weighted by molar-refractivity contribution is 7.89. The Morgan fingerprint density at radius 1 is 1.38 bits per heavy atom. The van der Waals surface area contributed by atoms with E-state index >= 15 is 0 Å². The summed E-state index contributed by atoms with van der Waals surface area (Å²) >= 11 is 0. The van der Waals surface area contributed by atoms with Crippen molar-refractivity contribution >= 4 is 15.9 Å². The van der Waals surface area contributed by atoms with Gasteiger partial charge in [0.15, 0.2) is 0 Å². The lowest BCUT2D eigenvalue weighted by atomic mass is 10.1. The second-order valence-electron chi connectivity index (χ2n) is 5.49. The number of carbonyl (C=O) groups excluding carboxylic acids is 1. The fraction of sp³-hybridized carbons (Fsp3) is 0.500. The number of benzene rings is 1. The number of hydrogen-bond acceptors (Lipinski definition) is 4. The van der Waals surface area contributed by atoms with Crippen molar-refractivity contribution in [2.24, 2.45) is 5.73 Å². The molecule has 1 amide bonds. The third-order valence-electron chi connectivity index (χ3n) is 3.55. The molecule has 0 saturated carbocycles. The van der Waals surface area contributed by atoms with Gasteiger partial charge in [0.1, 0.15) is 0 Å². The van der Waals surface area contributed by atoms with Gasteiger partial charge < -0.3 is 10.6 Å². The Balaban J connectivity index is 2.32. The van der Waals surface area contributed by atoms with Crippen LogP contribution in [0.1, 0.15) is 23.2 Å². The van der Waals surface area contributed by atoms with Crippen LogP contribution in [-0.2, 0) is 10.0 Å². The lowest BCUT2D eigenvalue weighted by Gasteiger charge is -2.30. The van der Waals surface area contributed by atoms with E-state index in [4.69, 9.17) is 5.73 Å². The average Bonchev–Trinajstić information content (AvgIpc) is 2.46. The maximum absolute atomic E-state index is 12.6. The number of nitrogens with zero attached hydrogens (tertiary/aromatic N) is 2. The fourth-order valence-corrected chi connectivity index (χ4v) is 3.97. The molecule has 1 heterocycles. The monoisotopic (exact) mass is 311 g/mol. The molecule has 1 atom stereocenters. The predicted molar refractivity (Wildman–Crippen MR) is 80.4 cm³/mol. The fourth-order valence-electron chi connectivity index (χ4n) is 2.39. The number of piperidine rings is 1. The summed E-state index contributed by atoms with van der Waals surface area (Å²) in [4.78, 5) is 13.5. The van der Waals surface area contributed by atoms with E-state index in [1.807, 2.05) is 0 Å². The molecule has 1 aromatic carbocycles. The van der Waals surface area contributed by atoms with Gasteiger partial charge in [0.25, 0.3) is 5.91 Å². The molecule has 0 bridgehead atoms. The van der Waals surface area contributed by atoms with Gasteiger partial charge in [0.2, 0.25) is 10.0 Å². The van der Waals surface area contributed by atoms with Crippen LogP contribution in [0.4, 0.5) is 0 Å². The van der Waals surface area contributed by atoms with E-state index in [0.29, 0.717) is 18.7 Å². The van der Waals surface area contributed by atoms with E-state index < -0.39 is 10.0 Å². The van der Waals surface area contributed by atoms with Gasteiger partial charge in [-0.3, -0.25) is 4.79 Å². The Morgan fingerprint density at radius 2 is 2.10 bits per heavy atom. The van der Waals surface area contributed by atoms with Gasteiger partial charge in [-0.1, -0.05) is 6.07 Å². The summed E-state index contributed by atoms with van der Waals surface area (Å²) in [5.41, 5.74) is 6.21. The highest BCUT2D eigenvalue weighted by Crippen LogP contribution is 2.21. The summed E-state index contributed by atoms with van der Waals surface area (Å²) < 4.78 is 26.6. The third kappa shape index (κ3) is 3.42. The lowest BCUT2D eigenvalue weighted by molar-refractivity contribution is 0.0827. The van der Waals surface area contributed by atoms with Crippen molar-refractivity contribution in [3.8, 4) is 0 Å². The first-order chi connectivity index (χ1) is 9.82. The largest absolute Gasteiger partial charge is 0.345 e. The van der Waals surface area contributed by atoms with E-state index in [0.717, 1.165) is 12.8 Å². The van der Waals surface area contributed by atoms with Crippen LogP contribution in [0.3, 0.4) is 0 Å². The van der Waals surface area contributed by atoms with Crippen LogP contribution in [0, 0.1) is 0 Å². The molecule has 1 unspecified atom stereocenters. The minimum Gasteiger partial charge on any atom is -0.345 e. The molecule has 2 N–H and O–H groups in total. The number of carbonyl (C=O) groups is 1. The highest BCUT2D eigenvalue weighted by Gasteiger charge is 2.29. The number of amides is 1. The summed E-state index contributed by atoms with van der Waals surface area (Å²) in [5.74, 6) is -0.220. The molecule has 0 spiro atoms. The van der Waals surface area contributed by atoms with Gasteiger partial charge in [0, 0.05) is 38.8 Å². The highest BCUT2D eigenvalue weighted by atomic mass is 32.2. The van der Waals surface area contributed by atoms with Crippen LogP contribution in [0.25, 0.3) is 0 Å². The molecule has 0 aromatic heterocycles. The smallest absolute Gasteiger partial charge is 0.253 e. The zero-order chi connectivity index (χ0) is 15.6. The predicted octanol–water partition coefficient (Wildman–Crippen LogP) is 0.500. The topological polar surface area (TPSA) is 83.7 Å². The second kappa shape index (κ2) is 6.13. The first-order valence-electron chi connectivity index (χ1n) is 6.90. The quantitative estimate of drug-likeness (QED) is 0.881. The van der Waals surface area contributed by atoms with E-state index in [9.17, 15) is 13.2 Å². The van der Waals surface area contributed by atoms with Gasteiger partial charge in [-0.25, -0.2) is 8.42 Å².